The quantitative estimate of drug-likeness (QED) is 0.646. The van der Waals surface area contributed by atoms with Crippen LogP contribution in [0.1, 0.15) is 41.7 Å². The lowest BCUT2D eigenvalue weighted by Gasteiger charge is -2.31. The first-order valence-electron chi connectivity index (χ1n) is 9.65. The van der Waals surface area contributed by atoms with Gasteiger partial charge >= 0.3 is 0 Å². The summed E-state index contributed by atoms with van der Waals surface area (Å²) >= 11 is 6.15. The van der Waals surface area contributed by atoms with Crippen molar-refractivity contribution in [1.82, 2.24) is 16.0 Å². The third kappa shape index (κ3) is 6.46. The van der Waals surface area contributed by atoms with Crippen LogP contribution in [0.3, 0.4) is 0 Å². The number of benzene rings is 2. The number of piperidine rings is 1. The standard InChI is InChI=1S/C22H26ClN3O2.ClH/c1-15-11-12-24-14-20(15)25-21(27)13-19(16-7-3-2-4-8-16)26-22(28)17-9-5-6-10-18(17)23;/h2-10,15,19-20,24H,11-14H2,1H3,(H,25,27)(H,26,28);1H. The molecular formula is C22H27Cl2N3O2. The van der Waals surface area contributed by atoms with Gasteiger partial charge in [0.25, 0.3) is 5.91 Å². The normalized spacial score (nSPS) is 19.5. The third-order valence-electron chi connectivity index (χ3n) is 5.19. The first-order chi connectivity index (χ1) is 13.5. The highest BCUT2D eigenvalue weighted by molar-refractivity contribution is 6.33. The molecule has 0 aromatic heterocycles. The zero-order valence-electron chi connectivity index (χ0n) is 16.4. The Morgan fingerprint density at radius 1 is 1.14 bits per heavy atom. The number of carbonyl (C=O) groups excluding carboxylic acids is 2. The molecule has 1 fully saturated rings. The monoisotopic (exact) mass is 435 g/mol. The maximum Gasteiger partial charge on any atom is 0.253 e. The van der Waals surface area contributed by atoms with Gasteiger partial charge < -0.3 is 16.0 Å². The van der Waals surface area contributed by atoms with Gasteiger partial charge in [-0.15, -0.1) is 12.4 Å². The lowest BCUT2D eigenvalue weighted by molar-refractivity contribution is -0.122. The lowest BCUT2D eigenvalue weighted by atomic mass is 9.94. The summed E-state index contributed by atoms with van der Waals surface area (Å²) in [5.74, 6) is 0.0620. The van der Waals surface area contributed by atoms with Gasteiger partial charge in [0, 0.05) is 12.6 Å². The van der Waals surface area contributed by atoms with Crippen LogP contribution in [0.5, 0.6) is 0 Å². The maximum atomic E-state index is 12.7. The van der Waals surface area contributed by atoms with Crippen LogP contribution < -0.4 is 16.0 Å². The molecule has 0 saturated carbocycles. The molecule has 1 saturated heterocycles. The SMILES string of the molecule is CC1CCNCC1NC(=O)CC(NC(=O)c1ccccc1Cl)c1ccccc1.Cl. The largest absolute Gasteiger partial charge is 0.352 e. The second-order valence-corrected chi connectivity index (χ2v) is 7.67. The Labute approximate surface area is 183 Å². The predicted molar refractivity (Wildman–Crippen MR) is 119 cm³/mol. The van der Waals surface area contributed by atoms with E-state index in [1.807, 2.05) is 30.3 Å². The van der Waals surface area contributed by atoms with Crippen LogP contribution in [0.25, 0.3) is 0 Å². The van der Waals surface area contributed by atoms with E-state index in [-0.39, 0.29) is 36.7 Å². The van der Waals surface area contributed by atoms with Gasteiger partial charge in [0.15, 0.2) is 0 Å². The molecule has 2 amide bonds. The van der Waals surface area contributed by atoms with E-state index >= 15 is 0 Å². The van der Waals surface area contributed by atoms with Crippen LogP contribution in [0.4, 0.5) is 0 Å². The average molecular weight is 436 g/mol. The highest BCUT2D eigenvalue weighted by Crippen LogP contribution is 2.21. The minimum Gasteiger partial charge on any atom is -0.352 e. The van der Waals surface area contributed by atoms with Crippen LogP contribution >= 0.6 is 24.0 Å². The molecule has 0 bridgehead atoms. The number of rotatable bonds is 6. The predicted octanol–water partition coefficient (Wildman–Crippen LogP) is 3.74. The topological polar surface area (TPSA) is 70.2 Å². The Bertz CT molecular complexity index is 817. The van der Waals surface area contributed by atoms with E-state index in [4.69, 9.17) is 11.6 Å². The summed E-state index contributed by atoms with van der Waals surface area (Å²) in [7, 11) is 0. The summed E-state index contributed by atoms with van der Waals surface area (Å²) in [6.45, 7) is 3.91. The first kappa shape index (κ1) is 23.2. The van der Waals surface area contributed by atoms with E-state index in [1.54, 1.807) is 24.3 Å². The average Bonchev–Trinajstić information content (AvgIpc) is 2.70. The fraction of sp³-hybridized carbons (Fsp3) is 0.364. The smallest absolute Gasteiger partial charge is 0.253 e. The molecule has 0 spiro atoms. The fourth-order valence-corrected chi connectivity index (χ4v) is 3.67. The zero-order chi connectivity index (χ0) is 19.9. The number of carbonyl (C=O) groups is 2. The van der Waals surface area contributed by atoms with Gasteiger partial charge in [-0.05, 0) is 36.6 Å². The van der Waals surface area contributed by atoms with E-state index < -0.39 is 6.04 Å². The summed E-state index contributed by atoms with van der Waals surface area (Å²) < 4.78 is 0. The van der Waals surface area contributed by atoms with Crippen molar-refractivity contribution >= 4 is 35.8 Å². The van der Waals surface area contributed by atoms with Crippen LogP contribution in [0.2, 0.25) is 5.02 Å². The molecule has 2 aromatic rings. The van der Waals surface area contributed by atoms with Crippen LogP contribution in [0, 0.1) is 5.92 Å². The molecular weight excluding hydrogens is 409 g/mol. The van der Waals surface area contributed by atoms with Gasteiger partial charge in [0.2, 0.25) is 5.91 Å². The molecule has 3 rings (SSSR count). The summed E-state index contributed by atoms with van der Waals surface area (Å²) in [6.07, 6.45) is 1.21. The Kier molecular flexibility index (Phi) is 8.96. The molecule has 1 aliphatic heterocycles. The summed E-state index contributed by atoms with van der Waals surface area (Å²) in [5, 5.41) is 9.79. The van der Waals surface area contributed by atoms with E-state index in [2.05, 4.69) is 22.9 Å². The number of nitrogens with one attached hydrogen (secondary N) is 3. The number of halogens is 2. The van der Waals surface area contributed by atoms with Gasteiger partial charge in [-0.1, -0.05) is 61.0 Å². The molecule has 156 valence electrons. The van der Waals surface area contributed by atoms with E-state index in [0.29, 0.717) is 16.5 Å². The molecule has 3 N–H and O–H groups in total. The van der Waals surface area contributed by atoms with Gasteiger partial charge in [-0.2, -0.15) is 0 Å². The van der Waals surface area contributed by atoms with Crippen molar-refractivity contribution in [2.45, 2.75) is 31.8 Å². The highest BCUT2D eigenvalue weighted by Gasteiger charge is 2.25. The second-order valence-electron chi connectivity index (χ2n) is 7.26. The maximum absolute atomic E-state index is 12.7. The molecule has 7 heteroatoms. The van der Waals surface area contributed by atoms with Crippen molar-refractivity contribution in [2.24, 2.45) is 5.92 Å². The van der Waals surface area contributed by atoms with E-state index in [9.17, 15) is 9.59 Å². The third-order valence-corrected chi connectivity index (χ3v) is 5.52. The van der Waals surface area contributed by atoms with E-state index in [0.717, 1.165) is 25.1 Å². The molecule has 0 aliphatic carbocycles. The van der Waals surface area contributed by atoms with Crippen LogP contribution in [0.15, 0.2) is 54.6 Å². The molecule has 29 heavy (non-hydrogen) atoms. The molecule has 1 heterocycles. The molecule has 3 unspecified atom stereocenters. The van der Waals surface area contributed by atoms with Crippen LogP contribution in [-0.2, 0) is 4.79 Å². The van der Waals surface area contributed by atoms with Gasteiger partial charge in [0.05, 0.1) is 23.0 Å². The Morgan fingerprint density at radius 2 is 1.83 bits per heavy atom. The van der Waals surface area contributed by atoms with Crippen molar-refractivity contribution in [3.05, 3.63) is 70.7 Å². The minimum atomic E-state index is -0.433. The summed E-state index contributed by atoms with van der Waals surface area (Å²) in [5.41, 5.74) is 1.28. The van der Waals surface area contributed by atoms with Crippen molar-refractivity contribution < 1.29 is 9.59 Å². The summed E-state index contributed by atoms with van der Waals surface area (Å²) in [6, 6.07) is 16.1. The Balaban J connectivity index is 0.00000300. The van der Waals surface area contributed by atoms with E-state index in [1.165, 1.54) is 0 Å². The Morgan fingerprint density at radius 3 is 2.52 bits per heavy atom. The molecule has 3 atom stereocenters. The van der Waals surface area contributed by atoms with Crippen LogP contribution in [-0.4, -0.2) is 30.9 Å². The zero-order valence-corrected chi connectivity index (χ0v) is 17.9. The molecule has 2 aromatic carbocycles. The minimum absolute atomic E-state index is 0. The number of hydrogen-bond donors (Lipinski definition) is 3. The van der Waals surface area contributed by atoms with Gasteiger partial charge in [-0.3, -0.25) is 9.59 Å². The molecule has 1 aliphatic rings. The van der Waals surface area contributed by atoms with Gasteiger partial charge in [-0.25, -0.2) is 0 Å². The molecule has 5 nitrogen and oxygen atoms in total. The first-order valence-corrected chi connectivity index (χ1v) is 10.0. The van der Waals surface area contributed by atoms with Crippen molar-refractivity contribution in [1.29, 1.82) is 0 Å². The highest BCUT2D eigenvalue weighted by atomic mass is 35.5. The van der Waals surface area contributed by atoms with Gasteiger partial charge in [0.1, 0.15) is 0 Å². The number of hydrogen-bond acceptors (Lipinski definition) is 3. The number of amides is 2. The fourth-order valence-electron chi connectivity index (χ4n) is 3.45. The van der Waals surface area contributed by atoms with Crippen molar-refractivity contribution in [2.75, 3.05) is 13.1 Å². The second kappa shape index (κ2) is 11.2. The van der Waals surface area contributed by atoms with Crippen molar-refractivity contribution in [3.8, 4) is 0 Å². The summed E-state index contributed by atoms with van der Waals surface area (Å²) in [4.78, 5) is 25.4. The van der Waals surface area contributed by atoms with Crippen molar-refractivity contribution in [3.63, 3.8) is 0 Å². The molecule has 0 radical (unpaired) electrons. The lowest BCUT2D eigenvalue weighted by Crippen LogP contribution is -2.50. The Hall–Kier alpha value is -2.08.